The van der Waals surface area contributed by atoms with E-state index in [9.17, 15) is 9.59 Å². The monoisotopic (exact) mass is 438 g/mol. The summed E-state index contributed by atoms with van der Waals surface area (Å²) in [6.07, 6.45) is 5.04. The number of aryl methyl sites for hydroxylation is 1. The minimum Gasteiger partial charge on any atom is -0.465 e. The van der Waals surface area contributed by atoms with Crippen LogP contribution in [0.5, 0.6) is 0 Å². The normalized spacial score (nSPS) is 16.2. The third kappa shape index (κ3) is 3.24. The predicted molar refractivity (Wildman–Crippen MR) is 119 cm³/mol. The number of nitrogens with zero attached hydrogens (tertiary/aromatic N) is 4. The molecule has 1 aromatic carbocycles. The Hall–Kier alpha value is -3.06. The first kappa shape index (κ1) is 19.9. The van der Waals surface area contributed by atoms with Crippen molar-refractivity contribution in [3.63, 3.8) is 0 Å². The van der Waals surface area contributed by atoms with Gasteiger partial charge in [0.2, 0.25) is 5.91 Å². The first-order valence-electron chi connectivity index (χ1n) is 10.4. The lowest BCUT2D eigenvalue weighted by Crippen LogP contribution is -2.32. The number of carbonyl (C=O) groups is 2. The van der Waals surface area contributed by atoms with Crippen LogP contribution in [-0.4, -0.2) is 45.2 Å². The number of hydrogen-bond donors (Lipinski definition) is 1. The Balaban J connectivity index is 1.48. The Morgan fingerprint density at radius 2 is 2.10 bits per heavy atom. The fraction of sp³-hybridized carbons (Fsp3) is 0.348. The van der Waals surface area contributed by atoms with E-state index in [1.807, 2.05) is 29.2 Å². The summed E-state index contributed by atoms with van der Waals surface area (Å²) in [5.74, 6) is 0.149. The van der Waals surface area contributed by atoms with Gasteiger partial charge in [-0.05, 0) is 55.2 Å². The largest absolute Gasteiger partial charge is 0.465 e. The fourth-order valence-corrected chi connectivity index (χ4v) is 4.85. The highest BCUT2D eigenvalue weighted by Gasteiger charge is 2.59. The van der Waals surface area contributed by atoms with Crippen LogP contribution < -0.4 is 4.90 Å². The molecule has 3 heterocycles. The van der Waals surface area contributed by atoms with Crippen molar-refractivity contribution in [2.24, 2.45) is 0 Å². The highest BCUT2D eigenvalue weighted by atomic mass is 35.5. The van der Waals surface area contributed by atoms with Gasteiger partial charge in [-0.2, -0.15) is 0 Å². The van der Waals surface area contributed by atoms with Gasteiger partial charge in [-0.25, -0.2) is 4.79 Å². The van der Waals surface area contributed by atoms with Gasteiger partial charge in [0.25, 0.3) is 0 Å². The molecule has 1 fully saturated rings. The molecule has 1 N–H and O–H groups in total. The molecule has 1 saturated carbocycles. The molecule has 2 aromatic heterocycles. The minimum atomic E-state index is -0.939. The topological polar surface area (TPSA) is 78.7 Å². The number of carboxylic acid groups (broad SMARTS) is 1. The first-order chi connectivity index (χ1) is 14.9. The zero-order valence-corrected chi connectivity index (χ0v) is 18.0. The van der Waals surface area contributed by atoms with Gasteiger partial charge in [0.05, 0.1) is 23.8 Å². The third-order valence-electron chi connectivity index (χ3n) is 6.48. The van der Waals surface area contributed by atoms with E-state index >= 15 is 0 Å². The van der Waals surface area contributed by atoms with Gasteiger partial charge in [0.1, 0.15) is 0 Å². The van der Waals surface area contributed by atoms with E-state index < -0.39 is 6.09 Å². The minimum absolute atomic E-state index is 0.149. The molecule has 3 aromatic rings. The first-order valence-corrected chi connectivity index (χ1v) is 10.8. The van der Waals surface area contributed by atoms with E-state index in [1.165, 1.54) is 4.90 Å². The van der Waals surface area contributed by atoms with E-state index in [1.54, 1.807) is 19.4 Å². The van der Waals surface area contributed by atoms with Crippen LogP contribution in [0.15, 0.2) is 42.7 Å². The van der Waals surface area contributed by atoms with Gasteiger partial charge >= 0.3 is 6.09 Å². The Labute approximate surface area is 184 Å². The van der Waals surface area contributed by atoms with Crippen molar-refractivity contribution in [2.75, 3.05) is 18.5 Å². The van der Waals surface area contributed by atoms with Crippen LogP contribution in [0.1, 0.15) is 30.5 Å². The molecule has 1 aliphatic carbocycles. The molecule has 0 bridgehead atoms. The molecule has 1 spiro atoms. The molecule has 0 radical (unpaired) electrons. The number of anilines is 1. The van der Waals surface area contributed by atoms with E-state index in [0.29, 0.717) is 31.1 Å². The van der Waals surface area contributed by atoms with E-state index in [-0.39, 0.29) is 11.3 Å². The van der Waals surface area contributed by atoms with Gasteiger partial charge in [0.15, 0.2) is 0 Å². The lowest BCUT2D eigenvalue weighted by Gasteiger charge is -2.20. The Kier molecular flexibility index (Phi) is 4.66. The zero-order chi connectivity index (χ0) is 21.8. The SMILES string of the molecule is CN(CCCn1c(CN2C(=O)C3(CC3)c3ccncc32)cc2cc(Cl)ccc21)C(=O)O. The van der Waals surface area contributed by atoms with Crippen LogP contribution in [0.3, 0.4) is 0 Å². The Morgan fingerprint density at radius 3 is 2.84 bits per heavy atom. The van der Waals surface area contributed by atoms with Crippen molar-refractivity contribution in [3.8, 4) is 0 Å². The fourth-order valence-electron chi connectivity index (χ4n) is 4.67. The second-order valence-corrected chi connectivity index (χ2v) is 8.85. The summed E-state index contributed by atoms with van der Waals surface area (Å²) >= 11 is 6.21. The highest BCUT2D eigenvalue weighted by molar-refractivity contribution is 6.31. The van der Waals surface area contributed by atoms with Crippen molar-refractivity contribution in [1.82, 2.24) is 14.5 Å². The molecule has 2 amide bonds. The van der Waals surface area contributed by atoms with Crippen LogP contribution in [0, 0.1) is 0 Å². The van der Waals surface area contributed by atoms with Gasteiger partial charge in [-0.15, -0.1) is 0 Å². The van der Waals surface area contributed by atoms with Crippen molar-refractivity contribution in [2.45, 2.75) is 37.8 Å². The molecule has 31 heavy (non-hydrogen) atoms. The molecule has 160 valence electrons. The summed E-state index contributed by atoms with van der Waals surface area (Å²) in [6, 6.07) is 9.79. The third-order valence-corrected chi connectivity index (χ3v) is 6.72. The predicted octanol–water partition coefficient (Wildman–Crippen LogP) is 4.27. The Bertz CT molecular complexity index is 1200. The van der Waals surface area contributed by atoms with Gasteiger partial charge in [-0.3, -0.25) is 9.78 Å². The second-order valence-electron chi connectivity index (χ2n) is 8.41. The van der Waals surface area contributed by atoms with Gasteiger partial charge in [0, 0.05) is 48.0 Å². The number of fused-ring (bicyclic) bond motifs is 3. The van der Waals surface area contributed by atoms with Crippen LogP contribution in [0.4, 0.5) is 10.5 Å². The number of benzene rings is 1. The molecular formula is C23H23ClN4O3. The maximum Gasteiger partial charge on any atom is 0.407 e. The average Bonchev–Trinajstić information content (AvgIpc) is 3.44. The lowest BCUT2D eigenvalue weighted by molar-refractivity contribution is -0.120. The summed E-state index contributed by atoms with van der Waals surface area (Å²) in [5, 5.41) is 10.8. The summed E-state index contributed by atoms with van der Waals surface area (Å²) in [5.41, 5.74) is 3.64. The molecule has 0 atom stereocenters. The van der Waals surface area contributed by atoms with Crippen molar-refractivity contribution < 1.29 is 14.7 Å². The summed E-state index contributed by atoms with van der Waals surface area (Å²) in [4.78, 5) is 31.8. The van der Waals surface area contributed by atoms with Gasteiger partial charge < -0.3 is 19.5 Å². The summed E-state index contributed by atoms with van der Waals surface area (Å²) < 4.78 is 2.17. The molecule has 0 saturated heterocycles. The number of aromatic nitrogens is 2. The maximum absolute atomic E-state index is 13.3. The Morgan fingerprint density at radius 1 is 1.29 bits per heavy atom. The summed E-state index contributed by atoms with van der Waals surface area (Å²) in [6.45, 7) is 1.52. The quantitative estimate of drug-likeness (QED) is 0.623. The lowest BCUT2D eigenvalue weighted by atomic mass is 9.99. The van der Waals surface area contributed by atoms with E-state index in [4.69, 9.17) is 16.7 Å². The second kappa shape index (κ2) is 7.27. The molecule has 7 nitrogen and oxygen atoms in total. The van der Waals surface area contributed by atoms with E-state index in [2.05, 4.69) is 15.6 Å². The number of amides is 2. The number of hydrogen-bond acceptors (Lipinski definition) is 3. The molecule has 1 aliphatic heterocycles. The van der Waals surface area contributed by atoms with Crippen LogP contribution in [0.25, 0.3) is 10.9 Å². The summed E-state index contributed by atoms with van der Waals surface area (Å²) in [7, 11) is 1.57. The molecular weight excluding hydrogens is 416 g/mol. The number of carbonyl (C=O) groups excluding carboxylic acids is 1. The average molecular weight is 439 g/mol. The number of halogens is 1. The molecule has 5 rings (SSSR count). The number of rotatable bonds is 6. The van der Waals surface area contributed by atoms with Crippen LogP contribution in [-0.2, 0) is 23.3 Å². The highest BCUT2D eigenvalue weighted by Crippen LogP contribution is 2.57. The van der Waals surface area contributed by atoms with Gasteiger partial charge in [-0.1, -0.05) is 11.6 Å². The van der Waals surface area contributed by atoms with Crippen LogP contribution >= 0.6 is 11.6 Å². The zero-order valence-electron chi connectivity index (χ0n) is 17.2. The van der Waals surface area contributed by atoms with Crippen LogP contribution in [0.2, 0.25) is 5.02 Å². The standard InChI is InChI=1S/C23H23ClN4O3/c1-26(22(30)31)9-2-10-27-17(12-15-11-16(24)3-4-19(15)27)14-28-20-13-25-8-5-18(20)23(6-7-23)21(28)29/h3-5,8,11-13H,2,6-7,9-10,14H2,1H3,(H,30,31). The molecule has 2 aliphatic rings. The molecule has 8 heteroatoms. The molecule has 0 unspecified atom stereocenters. The van der Waals surface area contributed by atoms with E-state index in [0.717, 1.165) is 40.7 Å². The number of pyridine rings is 1. The smallest absolute Gasteiger partial charge is 0.407 e. The van der Waals surface area contributed by atoms with Crippen molar-refractivity contribution >= 4 is 40.2 Å². The maximum atomic E-state index is 13.3. The van der Waals surface area contributed by atoms with Crippen molar-refractivity contribution in [1.29, 1.82) is 0 Å². The van der Waals surface area contributed by atoms with Crippen molar-refractivity contribution in [3.05, 3.63) is 59.0 Å².